The molecule has 2 aromatic carbocycles. The van der Waals surface area contributed by atoms with E-state index in [1.54, 1.807) is 37.3 Å². The van der Waals surface area contributed by atoms with Gasteiger partial charge in [-0.3, -0.25) is 0 Å². The molecule has 0 radical (unpaired) electrons. The third-order valence-corrected chi connectivity index (χ3v) is 5.49. The van der Waals surface area contributed by atoms with Crippen molar-refractivity contribution in [2.24, 2.45) is 0 Å². The number of rotatable bonds is 4. The van der Waals surface area contributed by atoms with E-state index in [-0.39, 0.29) is 9.92 Å². The minimum atomic E-state index is -3.74. The van der Waals surface area contributed by atoms with Crippen LogP contribution in [-0.2, 0) is 10.0 Å². The summed E-state index contributed by atoms with van der Waals surface area (Å²) in [6.07, 6.45) is 0. The normalized spacial score (nSPS) is 13.1. The molecule has 0 saturated heterocycles. The Morgan fingerprint density at radius 1 is 1.00 bits per heavy atom. The molecule has 0 bridgehead atoms. The molecule has 0 saturated carbocycles. The van der Waals surface area contributed by atoms with Gasteiger partial charge in [0.2, 0.25) is 10.0 Å². The van der Waals surface area contributed by atoms with Gasteiger partial charge in [-0.25, -0.2) is 13.1 Å². The second-order valence-corrected chi connectivity index (χ2v) is 7.37. The molecule has 2 rings (SSSR count). The maximum Gasteiger partial charge on any atom is 0.242 e. The number of hydrogen-bond donors (Lipinski definition) is 1. The number of sulfonamides is 1. The van der Waals surface area contributed by atoms with Crippen LogP contribution in [0.4, 0.5) is 0 Å². The molecule has 7 heteroatoms. The number of hydrogen-bond acceptors (Lipinski definition) is 2. The Kier molecular flexibility index (Phi) is 5.17. The summed E-state index contributed by atoms with van der Waals surface area (Å²) in [6, 6.07) is 10.6. The summed E-state index contributed by atoms with van der Waals surface area (Å²) in [5.41, 5.74) is 0.636. The van der Waals surface area contributed by atoms with Crippen molar-refractivity contribution >= 4 is 44.8 Å². The fraction of sp³-hybridized carbons (Fsp3) is 0.143. The maximum absolute atomic E-state index is 12.4. The lowest BCUT2D eigenvalue weighted by molar-refractivity contribution is 0.567. The molecule has 0 heterocycles. The van der Waals surface area contributed by atoms with Crippen LogP contribution in [0.25, 0.3) is 0 Å². The van der Waals surface area contributed by atoms with E-state index in [2.05, 4.69) is 4.72 Å². The molecule has 0 spiro atoms. The summed E-state index contributed by atoms with van der Waals surface area (Å²) >= 11 is 17.8. The van der Waals surface area contributed by atoms with Crippen molar-refractivity contribution in [2.45, 2.75) is 17.9 Å². The fourth-order valence-electron chi connectivity index (χ4n) is 1.88. The molecule has 0 aliphatic rings. The van der Waals surface area contributed by atoms with Crippen molar-refractivity contribution in [1.82, 2.24) is 4.72 Å². The van der Waals surface area contributed by atoms with E-state index in [1.807, 2.05) is 0 Å². The molecule has 0 aliphatic heterocycles. The van der Waals surface area contributed by atoms with E-state index in [0.29, 0.717) is 15.6 Å². The monoisotopic (exact) mass is 363 g/mol. The average molecular weight is 365 g/mol. The van der Waals surface area contributed by atoms with Crippen LogP contribution >= 0.6 is 34.8 Å². The minimum Gasteiger partial charge on any atom is -0.207 e. The first-order chi connectivity index (χ1) is 9.81. The Morgan fingerprint density at radius 3 is 2.29 bits per heavy atom. The van der Waals surface area contributed by atoms with Crippen LogP contribution in [0.5, 0.6) is 0 Å². The summed E-state index contributed by atoms with van der Waals surface area (Å²) in [6.45, 7) is 1.70. The molecule has 0 unspecified atom stereocenters. The van der Waals surface area contributed by atoms with E-state index >= 15 is 0 Å². The van der Waals surface area contributed by atoms with E-state index < -0.39 is 16.1 Å². The largest absolute Gasteiger partial charge is 0.242 e. The predicted molar refractivity (Wildman–Crippen MR) is 86.7 cm³/mol. The third-order valence-electron chi connectivity index (χ3n) is 2.89. The van der Waals surface area contributed by atoms with Gasteiger partial charge in [0.25, 0.3) is 0 Å². The number of nitrogens with one attached hydrogen (secondary N) is 1. The highest BCUT2D eigenvalue weighted by molar-refractivity contribution is 7.89. The summed E-state index contributed by atoms with van der Waals surface area (Å²) in [5, 5.41) is 1.06. The first-order valence-electron chi connectivity index (χ1n) is 6.03. The number of halogens is 3. The third kappa shape index (κ3) is 3.90. The van der Waals surface area contributed by atoms with Crippen LogP contribution < -0.4 is 4.72 Å². The van der Waals surface area contributed by atoms with Gasteiger partial charge in [-0.2, -0.15) is 0 Å². The van der Waals surface area contributed by atoms with Gasteiger partial charge in [0.1, 0.15) is 4.90 Å². The second-order valence-electron chi connectivity index (χ2n) is 4.44. The van der Waals surface area contributed by atoms with Gasteiger partial charge >= 0.3 is 0 Å². The zero-order valence-corrected chi connectivity index (χ0v) is 14.1. The van der Waals surface area contributed by atoms with Crippen molar-refractivity contribution in [3.63, 3.8) is 0 Å². The Morgan fingerprint density at radius 2 is 1.67 bits per heavy atom. The Hall–Kier alpha value is -0.780. The van der Waals surface area contributed by atoms with Crippen LogP contribution in [-0.4, -0.2) is 8.42 Å². The van der Waals surface area contributed by atoms with Gasteiger partial charge < -0.3 is 0 Å². The molecule has 21 heavy (non-hydrogen) atoms. The van der Waals surface area contributed by atoms with Crippen molar-refractivity contribution in [3.05, 3.63) is 63.1 Å². The standard InChI is InChI=1S/C14H12Cl3NO2S/c1-9(11-7-6-10(15)8-13(11)17)18-21(19,20)14-5-3-2-4-12(14)16/h2-9,18H,1H3/t9-/m0/s1. The topological polar surface area (TPSA) is 46.2 Å². The van der Waals surface area contributed by atoms with Gasteiger partial charge in [-0.05, 0) is 36.8 Å². The predicted octanol–water partition coefficient (Wildman–Crippen LogP) is 4.69. The van der Waals surface area contributed by atoms with Gasteiger partial charge in [0.15, 0.2) is 0 Å². The molecule has 1 atom stereocenters. The van der Waals surface area contributed by atoms with E-state index in [9.17, 15) is 8.42 Å². The average Bonchev–Trinajstić information content (AvgIpc) is 2.38. The van der Waals surface area contributed by atoms with E-state index in [4.69, 9.17) is 34.8 Å². The van der Waals surface area contributed by atoms with Crippen LogP contribution in [0.15, 0.2) is 47.4 Å². The van der Waals surface area contributed by atoms with Crippen molar-refractivity contribution in [1.29, 1.82) is 0 Å². The lowest BCUT2D eigenvalue weighted by Gasteiger charge is -2.16. The Labute approximate surface area is 138 Å². The molecular formula is C14H12Cl3NO2S. The maximum atomic E-state index is 12.4. The van der Waals surface area contributed by atoms with Crippen molar-refractivity contribution in [2.75, 3.05) is 0 Å². The molecule has 3 nitrogen and oxygen atoms in total. The smallest absolute Gasteiger partial charge is 0.207 e. The molecule has 2 aromatic rings. The molecule has 0 amide bonds. The van der Waals surface area contributed by atoms with Crippen LogP contribution in [0.1, 0.15) is 18.5 Å². The van der Waals surface area contributed by atoms with Crippen LogP contribution in [0, 0.1) is 0 Å². The van der Waals surface area contributed by atoms with Crippen molar-refractivity contribution in [3.8, 4) is 0 Å². The molecule has 0 fully saturated rings. The van der Waals surface area contributed by atoms with Crippen LogP contribution in [0.2, 0.25) is 15.1 Å². The first kappa shape index (κ1) is 16.6. The molecule has 0 aromatic heterocycles. The highest BCUT2D eigenvalue weighted by atomic mass is 35.5. The van der Waals surface area contributed by atoms with E-state index in [1.165, 1.54) is 12.1 Å². The van der Waals surface area contributed by atoms with Crippen molar-refractivity contribution < 1.29 is 8.42 Å². The molecule has 112 valence electrons. The quantitative estimate of drug-likeness (QED) is 0.855. The zero-order chi connectivity index (χ0) is 15.6. The SMILES string of the molecule is C[C@H](NS(=O)(=O)c1ccccc1Cl)c1ccc(Cl)cc1Cl. The molecule has 0 aliphatic carbocycles. The second kappa shape index (κ2) is 6.55. The Bertz CT molecular complexity index is 763. The highest BCUT2D eigenvalue weighted by Crippen LogP contribution is 2.28. The lowest BCUT2D eigenvalue weighted by Crippen LogP contribution is -2.27. The summed E-state index contributed by atoms with van der Waals surface area (Å²) in [7, 11) is -3.74. The summed E-state index contributed by atoms with van der Waals surface area (Å²) in [5.74, 6) is 0. The fourth-order valence-corrected chi connectivity index (χ4v) is 4.19. The summed E-state index contributed by atoms with van der Waals surface area (Å²) in [4.78, 5) is 0.0311. The van der Waals surface area contributed by atoms with E-state index in [0.717, 1.165) is 0 Å². The minimum absolute atomic E-state index is 0.0311. The zero-order valence-electron chi connectivity index (χ0n) is 11.0. The molecular weight excluding hydrogens is 353 g/mol. The molecule has 1 N–H and O–H groups in total. The van der Waals surface area contributed by atoms with Gasteiger partial charge in [0.05, 0.1) is 5.02 Å². The first-order valence-corrected chi connectivity index (χ1v) is 8.65. The lowest BCUT2D eigenvalue weighted by atomic mass is 10.1. The Balaban J connectivity index is 2.30. The van der Waals surface area contributed by atoms with Gasteiger partial charge in [-0.1, -0.05) is 53.0 Å². The summed E-state index contributed by atoms with van der Waals surface area (Å²) < 4.78 is 27.3. The van der Waals surface area contributed by atoms with Crippen LogP contribution in [0.3, 0.4) is 0 Å². The highest BCUT2D eigenvalue weighted by Gasteiger charge is 2.21. The number of benzene rings is 2. The van der Waals surface area contributed by atoms with Gasteiger partial charge in [-0.15, -0.1) is 0 Å². The van der Waals surface area contributed by atoms with Gasteiger partial charge in [0, 0.05) is 16.1 Å².